The van der Waals surface area contributed by atoms with Crippen LogP contribution in [0, 0.1) is 0 Å². The van der Waals surface area contributed by atoms with Crippen LogP contribution in [0.4, 0.5) is 5.69 Å². The molecule has 0 aliphatic carbocycles. The Labute approximate surface area is 189 Å². The van der Waals surface area contributed by atoms with E-state index in [1.54, 1.807) is 6.07 Å². The molecule has 0 saturated heterocycles. The fraction of sp³-hybridized carbons (Fsp3) is 0.174. The lowest BCUT2D eigenvalue weighted by molar-refractivity contribution is -0.0434. The van der Waals surface area contributed by atoms with E-state index in [1.807, 2.05) is 68.4 Å². The van der Waals surface area contributed by atoms with Crippen molar-refractivity contribution in [2.45, 2.75) is 31.1 Å². The zero-order valence-corrected chi connectivity index (χ0v) is 18.5. The van der Waals surface area contributed by atoms with Crippen molar-refractivity contribution in [1.29, 1.82) is 0 Å². The third kappa shape index (κ3) is 4.11. The maximum absolute atomic E-state index is 6.26. The lowest BCUT2D eigenvalue weighted by Gasteiger charge is -2.23. The predicted molar refractivity (Wildman–Crippen MR) is 123 cm³/mol. The minimum absolute atomic E-state index is 0.432. The van der Waals surface area contributed by atoms with Gasteiger partial charge in [0.2, 0.25) is 11.7 Å². The highest BCUT2D eigenvalue weighted by atomic mass is 35.5. The van der Waals surface area contributed by atoms with Gasteiger partial charge < -0.3 is 19.5 Å². The third-order valence-electron chi connectivity index (χ3n) is 4.72. The van der Waals surface area contributed by atoms with Gasteiger partial charge in [0.1, 0.15) is 5.75 Å². The van der Waals surface area contributed by atoms with E-state index in [-0.39, 0.29) is 0 Å². The van der Waals surface area contributed by atoms with Crippen LogP contribution in [0.1, 0.15) is 19.4 Å². The molecular weight excluding hydrogens is 434 g/mol. The summed E-state index contributed by atoms with van der Waals surface area (Å²) in [5, 5.41) is 3.89. The summed E-state index contributed by atoms with van der Waals surface area (Å²) in [5.41, 5.74) is 1.79. The molecule has 0 fully saturated rings. The van der Waals surface area contributed by atoms with Crippen molar-refractivity contribution in [3.8, 4) is 23.0 Å². The summed E-state index contributed by atoms with van der Waals surface area (Å²) in [4.78, 5) is 5.70. The van der Waals surface area contributed by atoms with Gasteiger partial charge in [-0.1, -0.05) is 41.9 Å². The molecule has 0 spiro atoms. The number of para-hydroxylation sites is 3. The smallest absolute Gasteiger partial charge is 0.246 e. The van der Waals surface area contributed by atoms with Gasteiger partial charge in [0.25, 0.3) is 0 Å². The van der Waals surface area contributed by atoms with Crippen LogP contribution in [0.25, 0.3) is 0 Å². The fourth-order valence-corrected chi connectivity index (χ4v) is 4.24. The molecule has 2 N–H and O–H groups in total. The normalized spacial score (nSPS) is 16.9. The van der Waals surface area contributed by atoms with Crippen LogP contribution >= 0.6 is 23.5 Å². The minimum Gasteiger partial charge on any atom is -0.454 e. The van der Waals surface area contributed by atoms with Gasteiger partial charge >= 0.3 is 0 Å². The Morgan fingerprint density at radius 1 is 1.00 bits per heavy atom. The number of nitrogens with one attached hydrogen (secondary N) is 2. The van der Waals surface area contributed by atoms with Crippen molar-refractivity contribution in [3.63, 3.8) is 0 Å². The molecule has 5 rings (SSSR count). The molecule has 0 atom stereocenters. The Hall–Kier alpha value is -3.03. The summed E-state index contributed by atoms with van der Waals surface area (Å²) in [6.45, 7) is 4.21. The zero-order chi connectivity index (χ0) is 21.4. The first-order valence-corrected chi connectivity index (χ1v) is 11.0. The first-order chi connectivity index (χ1) is 15.0. The summed E-state index contributed by atoms with van der Waals surface area (Å²) in [5.74, 6) is 2.70. The van der Waals surface area contributed by atoms with E-state index in [2.05, 4.69) is 10.0 Å². The Morgan fingerprint density at radius 3 is 2.68 bits per heavy atom. The largest absolute Gasteiger partial charge is 0.454 e. The highest BCUT2D eigenvalue weighted by molar-refractivity contribution is 7.98. The average molecular weight is 454 g/mol. The zero-order valence-electron chi connectivity index (χ0n) is 16.9. The third-order valence-corrected chi connectivity index (χ3v) is 5.88. The van der Waals surface area contributed by atoms with E-state index in [9.17, 15) is 0 Å². The van der Waals surface area contributed by atoms with Gasteiger partial charge in [0, 0.05) is 19.4 Å². The fourth-order valence-electron chi connectivity index (χ4n) is 3.35. The summed E-state index contributed by atoms with van der Waals surface area (Å²) < 4.78 is 21.1. The molecule has 0 unspecified atom stereocenters. The Morgan fingerprint density at radius 2 is 1.81 bits per heavy atom. The quantitative estimate of drug-likeness (QED) is 0.457. The maximum Gasteiger partial charge on any atom is 0.246 e. The highest BCUT2D eigenvalue weighted by Gasteiger charge is 2.33. The molecule has 2 heterocycles. The van der Waals surface area contributed by atoms with Gasteiger partial charge in [-0.3, -0.25) is 4.72 Å². The highest BCUT2D eigenvalue weighted by Crippen LogP contribution is 2.43. The Balaban J connectivity index is 1.38. The van der Waals surface area contributed by atoms with Gasteiger partial charge in [-0.05, 0) is 42.3 Å². The second kappa shape index (κ2) is 7.90. The van der Waals surface area contributed by atoms with E-state index in [4.69, 9.17) is 30.8 Å². The number of benzene rings is 3. The van der Waals surface area contributed by atoms with Crippen LogP contribution in [0.2, 0.25) is 5.02 Å². The molecule has 8 heteroatoms. The number of aliphatic imine (C=N–C) groups is 1. The number of halogens is 1. The number of rotatable bonds is 4. The molecule has 0 bridgehead atoms. The van der Waals surface area contributed by atoms with E-state index in [1.165, 1.54) is 11.9 Å². The second-order valence-electron chi connectivity index (χ2n) is 7.50. The number of nitrogens with zero attached hydrogens (tertiary/aromatic N) is 1. The van der Waals surface area contributed by atoms with Crippen molar-refractivity contribution in [2.75, 3.05) is 5.32 Å². The van der Waals surface area contributed by atoms with E-state index >= 15 is 0 Å². The monoisotopic (exact) mass is 453 g/mol. The van der Waals surface area contributed by atoms with Gasteiger partial charge in [-0.15, -0.1) is 0 Å². The molecule has 0 amide bonds. The summed E-state index contributed by atoms with van der Waals surface area (Å²) in [6.07, 6.45) is 0. The maximum atomic E-state index is 6.26. The van der Waals surface area contributed by atoms with Gasteiger partial charge in [0.05, 0.1) is 22.2 Å². The molecule has 3 aromatic carbocycles. The lowest BCUT2D eigenvalue weighted by atomic mass is 10.2. The van der Waals surface area contributed by atoms with Crippen LogP contribution in [0.3, 0.4) is 0 Å². The number of fused-ring (bicyclic) bond motifs is 2. The van der Waals surface area contributed by atoms with Crippen LogP contribution in [0.15, 0.2) is 70.6 Å². The predicted octanol–water partition coefficient (Wildman–Crippen LogP) is 6.22. The molecule has 3 aromatic rings. The number of ether oxygens (including phenoxy) is 3. The van der Waals surface area contributed by atoms with Crippen LogP contribution < -0.4 is 24.2 Å². The van der Waals surface area contributed by atoms with Crippen molar-refractivity contribution in [1.82, 2.24) is 4.72 Å². The summed E-state index contributed by atoms with van der Waals surface area (Å²) in [6, 6.07) is 19.1. The number of anilines is 1. The van der Waals surface area contributed by atoms with Crippen molar-refractivity contribution in [2.24, 2.45) is 4.99 Å². The van der Waals surface area contributed by atoms with E-state index < -0.39 is 5.79 Å². The van der Waals surface area contributed by atoms with E-state index in [0.29, 0.717) is 29.0 Å². The number of guanidine groups is 1. The van der Waals surface area contributed by atoms with Crippen molar-refractivity contribution < 1.29 is 14.2 Å². The standard InChI is InChI=1S/C23H20ClN3O3S/c1-23(2)29-18-11-5-7-14(21(18)30-23)13-25-22-26-20-17(10-6-12-19(20)31-27-22)28-16-9-4-3-8-15(16)24/h3-12H,13H2,1-2H3,(H2,25,26,27). The Bertz CT molecular complexity index is 1180. The summed E-state index contributed by atoms with van der Waals surface area (Å²) in [7, 11) is 0. The molecular formula is C23H20ClN3O3S. The van der Waals surface area contributed by atoms with E-state index in [0.717, 1.165) is 27.6 Å². The molecule has 2 aliphatic rings. The molecule has 0 saturated carbocycles. The topological polar surface area (TPSA) is 64.1 Å². The Kier molecular flexibility index (Phi) is 5.08. The molecule has 6 nitrogen and oxygen atoms in total. The van der Waals surface area contributed by atoms with Gasteiger partial charge in [0.15, 0.2) is 17.2 Å². The van der Waals surface area contributed by atoms with Gasteiger partial charge in [-0.2, -0.15) is 0 Å². The van der Waals surface area contributed by atoms with Crippen LogP contribution in [-0.4, -0.2) is 11.7 Å². The molecule has 31 heavy (non-hydrogen) atoms. The number of hydrogen-bond donors (Lipinski definition) is 2. The first kappa shape index (κ1) is 19.9. The average Bonchev–Trinajstić information content (AvgIpc) is 3.08. The van der Waals surface area contributed by atoms with Crippen molar-refractivity contribution in [3.05, 3.63) is 71.2 Å². The molecule has 2 aliphatic heterocycles. The van der Waals surface area contributed by atoms with Crippen LogP contribution in [0.5, 0.6) is 23.0 Å². The second-order valence-corrected chi connectivity index (χ2v) is 8.76. The first-order valence-electron chi connectivity index (χ1n) is 9.78. The number of hydrogen-bond acceptors (Lipinski definition) is 5. The minimum atomic E-state index is -0.674. The van der Waals surface area contributed by atoms with Crippen molar-refractivity contribution >= 4 is 35.2 Å². The molecule has 0 aromatic heterocycles. The SMILES string of the molecule is CC1(C)Oc2cccc(CN=C3NSc4cccc(Oc5ccccc5Cl)c4N3)c2O1. The van der Waals surface area contributed by atoms with Gasteiger partial charge in [-0.25, -0.2) is 4.99 Å². The molecule has 158 valence electrons. The molecule has 0 radical (unpaired) electrons. The lowest BCUT2D eigenvalue weighted by Crippen LogP contribution is -2.30. The van der Waals surface area contributed by atoms with Crippen LogP contribution in [-0.2, 0) is 6.54 Å². The summed E-state index contributed by atoms with van der Waals surface area (Å²) >= 11 is 7.74.